The Labute approximate surface area is 141 Å². The zero-order valence-corrected chi connectivity index (χ0v) is 13.4. The molecule has 1 saturated heterocycles. The van der Waals surface area contributed by atoms with Crippen LogP contribution < -0.4 is 10.2 Å². The first-order valence-electron chi connectivity index (χ1n) is 7.27. The molecule has 2 aromatic rings. The predicted molar refractivity (Wildman–Crippen MR) is 87.8 cm³/mol. The van der Waals surface area contributed by atoms with Crippen molar-refractivity contribution in [1.29, 1.82) is 0 Å². The standard InChI is InChI=1S/C14H15F3N6S/c15-14(16,17)10-2-1-3-11(8-10)22-4-6-23(7-5-22)13(24)20-12-18-9-19-21-12/h1-3,8-9H,4-7H2,(H2,18,19,20,21,24). The van der Waals surface area contributed by atoms with Gasteiger partial charge in [0, 0.05) is 31.9 Å². The van der Waals surface area contributed by atoms with Crippen LogP contribution >= 0.6 is 12.2 Å². The van der Waals surface area contributed by atoms with Crippen molar-refractivity contribution in [3.8, 4) is 0 Å². The molecule has 128 valence electrons. The van der Waals surface area contributed by atoms with Crippen LogP contribution in [-0.4, -0.2) is 51.4 Å². The lowest BCUT2D eigenvalue weighted by atomic mass is 10.1. The monoisotopic (exact) mass is 356 g/mol. The van der Waals surface area contributed by atoms with E-state index in [9.17, 15) is 13.2 Å². The van der Waals surface area contributed by atoms with Gasteiger partial charge in [-0.15, -0.1) is 5.10 Å². The van der Waals surface area contributed by atoms with Gasteiger partial charge in [0.25, 0.3) is 0 Å². The average molecular weight is 356 g/mol. The van der Waals surface area contributed by atoms with Crippen LogP contribution in [0.15, 0.2) is 30.6 Å². The summed E-state index contributed by atoms with van der Waals surface area (Å²) in [5, 5.41) is 9.86. The van der Waals surface area contributed by atoms with E-state index >= 15 is 0 Å². The summed E-state index contributed by atoms with van der Waals surface area (Å²) in [6.07, 6.45) is -2.89. The minimum atomic E-state index is -4.33. The fourth-order valence-electron chi connectivity index (χ4n) is 2.49. The minimum Gasteiger partial charge on any atom is -0.368 e. The number of benzene rings is 1. The molecule has 1 aliphatic heterocycles. The van der Waals surface area contributed by atoms with Crippen LogP contribution in [0.4, 0.5) is 24.8 Å². The Morgan fingerprint density at radius 3 is 2.58 bits per heavy atom. The molecule has 0 aliphatic carbocycles. The highest BCUT2D eigenvalue weighted by molar-refractivity contribution is 7.80. The molecule has 0 radical (unpaired) electrons. The lowest BCUT2D eigenvalue weighted by Gasteiger charge is -2.37. The van der Waals surface area contributed by atoms with Gasteiger partial charge in [-0.05, 0) is 30.4 Å². The van der Waals surface area contributed by atoms with Crippen LogP contribution in [-0.2, 0) is 6.18 Å². The molecule has 3 rings (SSSR count). The number of aromatic amines is 1. The molecule has 24 heavy (non-hydrogen) atoms. The van der Waals surface area contributed by atoms with E-state index in [-0.39, 0.29) is 0 Å². The first-order chi connectivity index (χ1) is 11.4. The molecule has 1 fully saturated rings. The second-order valence-electron chi connectivity index (χ2n) is 5.28. The van der Waals surface area contributed by atoms with Crippen molar-refractivity contribution in [2.75, 3.05) is 36.4 Å². The average Bonchev–Trinajstić information content (AvgIpc) is 3.07. The molecule has 6 nitrogen and oxygen atoms in total. The lowest BCUT2D eigenvalue weighted by Crippen LogP contribution is -2.50. The minimum absolute atomic E-state index is 0.389. The van der Waals surface area contributed by atoms with E-state index in [2.05, 4.69) is 20.5 Å². The van der Waals surface area contributed by atoms with Crippen molar-refractivity contribution in [2.45, 2.75) is 6.18 Å². The lowest BCUT2D eigenvalue weighted by molar-refractivity contribution is -0.137. The molecular formula is C14H15F3N6S. The highest BCUT2D eigenvalue weighted by Gasteiger charge is 2.31. The Bertz CT molecular complexity index is 695. The largest absolute Gasteiger partial charge is 0.416 e. The second kappa shape index (κ2) is 6.63. The third-order valence-corrected chi connectivity index (χ3v) is 4.10. The van der Waals surface area contributed by atoms with Gasteiger partial charge in [-0.1, -0.05) is 6.07 Å². The molecule has 2 heterocycles. The van der Waals surface area contributed by atoms with Crippen LogP contribution in [0.5, 0.6) is 0 Å². The van der Waals surface area contributed by atoms with Crippen LogP contribution in [0.2, 0.25) is 0 Å². The summed E-state index contributed by atoms with van der Waals surface area (Å²) < 4.78 is 38.5. The zero-order valence-electron chi connectivity index (χ0n) is 12.5. The summed E-state index contributed by atoms with van der Waals surface area (Å²) in [5.41, 5.74) is -0.0680. The van der Waals surface area contributed by atoms with Crippen molar-refractivity contribution >= 4 is 29.0 Å². The number of rotatable bonds is 2. The van der Waals surface area contributed by atoms with Crippen molar-refractivity contribution in [3.63, 3.8) is 0 Å². The quantitative estimate of drug-likeness (QED) is 0.806. The number of H-pyrrole nitrogens is 1. The molecule has 1 aromatic heterocycles. The van der Waals surface area contributed by atoms with E-state index in [4.69, 9.17) is 12.2 Å². The number of thiocarbonyl (C=S) groups is 1. The summed E-state index contributed by atoms with van der Waals surface area (Å²) in [6, 6.07) is 5.38. The summed E-state index contributed by atoms with van der Waals surface area (Å²) in [4.78, 5) is 7.80. The van der Waals surface area contributed by atoms with Gasteiger partial charge in [0.1, 0.15) is 6.33 Å². The first-order valence-corrected chi connectivity index (χ1v) is 7.68. The predicted octanol–water partition coefficient (Wildman–Crippen LogP) is 2.34. The number of halogens is 3. The topological polar surface area (TPSA) is 60.1 Å². The summed E-state index contributed by atoms with van der Waals surface area (Å²) >= 11 is 5.30. The molecule has 0 atom stereocenters. The van der Waals surface area contributed by atoms with Crippen LogP contribution in [0.3, 0.4) is 0 Å². The van der Waals surface area contributed by atoms with E-state index in [0.717, 1.165) is 6.07 Å². The first kappa shape index (κ1) is 16.5. The number of nitrogens with one attached hydrogen (secondary N) is 2. The maximum absolute atomic E-state index is 12.8. The van der Waals surface area contributed by atoms with Gasteiger partial charge in [-0.2, -0.15) is 13.2 Å². The van der Waals surface area contributed by atoms with Crippen LogP contribution in [0, 0.1) is 0 Å². The van der Waals surface area contributed by atoms with Crippen molar-refractivity contribution in [3.05, 3.63) is 36.2 Å². The Hall–Kier alpha value is -2.36. The molecule has 0 unspecified atom stereocenters. The van der Waals surface area contributed by atoms with E-state index in [1.165, 1.54) is 18.5 Å². The van der Waals surface area contributed by atoms with Gasteiger partial charge >= 0.3 is 6.18 Å². The number of hydrogen-bond donors (Lipinski definition) is 2. The number of hydrogen-bond acceptors (Lipinski definition) is 4. The normalized spacial score (nSPS) is 15.5. The molecule has 2 N–H and O–H groups in total. The van der Waals surface area contributed by atoms with Crippen LogP contribution in [0.25, 0.3) is 0 Å². The number of anilines is 2. The molecule has 0 saturated carbocycles. The Morgan fingerprint density at radius 2 is 1.96 bits per heavy atom. The summed E-state index contributed by atoms with van der Waals surface area (Å²) in [6.45, 7) is 2.37. The molecule has 0 bridgehead atoms. The van der Waals surface area contributed by atoms with Gasteiger partial charge in [-0.3, -0.25) is 10.4 Å². The maximum atomic E-state index is 12.8. The number of piperazine rings is 1. The van der Waals surface area contributed by atoms with Crippen molar-refractivity contribution in [1.82, 2.24) is 20.1 Å². The van der Waals surface area contributed by atoms with Gasteiger partial charge in [0.05, 0.1) is 5.56 Å². The Kier molecular flexibility index (Phi) is 4.56. The van der Waals surface area contributed by atoms with Gasteiger partial charge in [0.15, 0.2) is 5.11 Å². The SMILES string of the molecule is FC(F)(F)c1cccc(N2CCN(C(=S)Nc3nc[nH]n3)CC2)c1. The highest BCUT2D eigenvalue weighted by Crippen LogP contribution is 2.31. The molecule has 0 spiro atoms. The third-order valence-electron chi connectivity index (χ3n) is 3.74. The fourth-order valence-corrected chi connectivity index (χ4v) is 2.76. The highest BCUT2D eigenvalue weighted by atomic mass is 32.1. The van der Waals surface area contributed by atoms with Crippen LogP contribution in [0.1, 0.15) is 5.56 Å². The summed E-state index contributed by atoms with van der Waals surface area (Å²) in [7, 11) is 0. The molecule has 10 heteroatoms. The number of alkyl halides is 3. The molecular weight excluding hydrogens is 341 g/mol. The zero-order chi connectivity index (χ0) is 17.2. The van der Waals surface area contributed by atoms with Crippen molar-refractivity contribution < 1.29 is 13.2 Å². The van der Waals surface area contributed by atoms with E-state index in [0.29, 0.717) is 42.9 Å². The molecule has 0 amide bonds. The number of aromatic nitrogens is 3. The third kappa shape index (κ3) is 3.75. The maximum Gasteiger partial charge on any atom is 0.416 e. The van der Waals surface area contributed by atoms with E-state index < -0.39 is 11.7 Å². The van der Waals surface area contributed by atoms with Gasteiger partial charge in [0.2, 0.25) is 5.95 Å². The number of nitrogens with zero attached hydrogens (tertiary/aromatic N) is 4. The Balaban J connectivity index is 1.60. The smallest absolute Gasteiger partial charge is 0.368 e. The van der Waals surface area contributed by atoms with Gasteiger partial charge < -0.3 is 9.80 Å². The van der Waals surface area contributed by atoms with Crippen molar-refractivity contribution in [2.24, 2.45) is 0 Å². The second-order valence-corrected chi connectivity index (χ2v) is 5.66. The molecule has 1 aromatic carbocycles. The molecule has 1 aliphatic rings. The Morgan fingerprint density at radius 1 is 1.21 bits per heavy atom. The van der Waals surface area contributed by atoms with E-state index in [1.54, 1.807) is 6.07 Å². The van der Waals surface area contributed by atoms with Gasteiger partial charge in [-0.25, -0.2) is 4.98 Å². The van der Waals surface area contributed by atoms with E-state index in [1.807, 2.05) is 9.80 Å². The fraction of sp³-hybridized carbons (Fsp3) is 0.357. The summed E-state index contributed by atoms with van der Waals surface area (Å²) in [5.74, 6) is 0.389.